The van der Waals surface area contributed by atoms with Gasteiger partial charge in [-0.2, -0.15) is 4.68 Å². The van der Waals surface area contributed by atoms with Gasteiger partial charge in [0.25, 0.3) is 0 Å². The topological polar surface area (TPSA) is 71.6 Å². The monoisotopic (exact) mass is 338 g/mol. The van der Waals surface area contributed by atoms with E-state index >= 15 is 0 Å². The second kappa shape index (κ2) is 6.08. The summed E-state index contributed by atoms with van der Waals surface area (Å²) in [5.41, 5.74) is 0.650. The van der Waals surface area contributed by atoms with Crippen molar-refractivity contribution in [1.82, 2.24) is 14.7 Å². The second-order valence-electron chi connectivity index (χ2n) is 6.31. The van der Waals surface area contributed by atoms with E-state index in [1.54, 1.807) is 38.4 Å². The number of hydrogen-bond acceptors (Lipinski definition) is 4. The average molecular weight is 339 g/mol. The molecular formula is C15H19ClN4O3. The van der Waals surface area contributed by atoms with E-state index in [4.69, 9.17) is 16.2 Å². The van der Waals surface area contributed by atoms with Gasteiger partial charge in [-0.05, 0) is 24.3 Å². The van der Waals surface area contributed by atoms with Gasteiger partial charge in [-0.1, -0.05) is 20.8 Å². The molecule has 1 aromatic heterocycles. The van der Waals surface area contributed by atoms with Gasteiger partial charge in [0, 0.05) is 31.3 Å². The zero-order valence-electron chi connectivity index (χ0n) is 13.7. The molecule has 0 unspecified atom stereocenters. The first-order chi connectivity index (χ1) is 10.6. The van der Waals surface area contributed by atoms with Gasteiger partial charge in [0.05, 0.1) is 11.4 Å². The molecular weight excluding hydrogens is 320 g/mol. The normalized spacial score (nSPS) is 11.4. The fourth-order valence-corrected chi connectivity index (χ4v) is 2.02. The molecule has 0 aliphatic carbocycles. The second-order valence-corrected chi connectivity index (χ2v) is 6.65. The Labute approximate surface area is 139 Å². The summed E-state index contributed by atoms with van der Waals surface area (Å²) in [5, 5.41) is 4.20. The van der Waals surface area contributed by atoms with Crippen molar-refractivity contribution in [3.8, 4) is 5.69 Å². The summed E-state index contributed by atoms with van der Waals surface area (Å²) in [4.78, 5) is 25.1. The van der Waals surface area contributed by atoms with Gasteiger partial charge in [0.15, 0.2) is 0 Å². The standard InChI is InChI=1S/C15H19ClN4O3/c1-15(2,3)12-17-20(14(22)23-12)11-8-6-10(7-9-11)19(16)13(21)18(4)5/h6-9H,1-5H3. The molecule has 0 bridgehead atoms. The van der Waals surface area contributed by atoms with Gasteiger partial charge < -0.3 is 9.32 Å². The van der Waals surface area contributed by atoms with Crippen LogP contribution in [0.1, 0.15) is 26.7 Å². The Hall–Kier alpha value is -2.28. The number of rotatable bonds is 2. The predicted octanol–water partition coefficient (Wildman–Crippen LogP) is 2.76. The number of urea groups is 1. The molecule has 23 heavy (non-hydrogen) atoms. The quantitative estimate of drug-likeness (QED) is 0.789. The maximum absolute atomic E-state index is 11.9. The predicted molar refractivity (Wildman–Crippen MR) is 88.2 cm³/mol. The average Bonchev–Trinajstić information content (AvgIpc) is 2.88. The van der Waals surface area contributed by atoms with Gasteiger partial charge in [0.2, 0.25) is 5.89 Å². The summed E-state index contributed by atoms with van der Waals surface area (Å²) in [5.74, 6) is -0.205. The summed E-state index contributed by atoms with van der Waals surface area (Å²) >= 11 is 5.98. The van der Waals surface area contributed by atoms with Crippen molar-refractivity contribution in [2.75, 3.05) is 18.5 Å². The highest BCUT2D eigenvalue weighted by Crippen LogP contribution is 2.21. The molecule has 0 fully saturated rings. The number of hydrogen-bond donors (Lipinski definition) is 0. The fourth-order valence-electron chi connectivity index (χ4n) is 1.75. The van der Waals surface area contributed by atoms with Crippen molar-refractivity contribution in [1.29, 1.82) is 0 Å². The molecule has 0 spiro atoms. The number of carbonyl (C=O) groups excluding carboxylic acids is 1. The van der Waals surface area contributed by atoms with Crippen molar-refractivity contribution in [2.24, 2.45) is 0 Å². The summed E-state index contributed by atoms with van der Waals surface area (Å²) in [6, 6.07) is 6.17. The first-order valence-corrected chi connectivity index (χ1v) is 7.33. The molecule has 0 aliphatic heterocycles. The lowest BCUT2D eigenvalue weighted by Gasteiger charge is -2.18. The van der Waals surface area contributed by atoms with Crippen molar-refractivity contribution >= 4 is 23.5 Å². The number of nitrogens with zero attached hydrogens (tertiary/aromatic N) is 4. The molecule has 124 valence electrons. The number of carbonyl (C=O) groups is 1. The van der Waals surface area contributed by atoms with Gasteiger partial charge in [-0.25, -0.2) is 14.0 Å². The molecule has 2 amide bonds. The summed E-state index contributed by atoms with van der Waals surface area (Å²) in [6.45, 7) is 5.72. The Morgan fingerprint density at radius 1 is 1.22 bits per heavy atom. The molecule has 0 saturated carbocycles. The van der Waals surface area contributed by atoms with Gasteiger partial charge >= 0.3 is 11.8 Å². The third-order valence-electron chi connectivity index (χ3n) is 3.06. The van der Waals surface area contributed by atoms with Gasteiger partial charge in [-0.15, -0.1) is 5.10 Å². The number of amides is 2. The van der Waals surface area contributed by atoms with E-state index in [-0.39, 0.29) is 11.4 Å². The molecule has 0 aliphatic rings. The highest BCUT2D eigenvalue weighted by atomic mass is 35.5. The molecule has 0 saturated heterocycles. The lowest BCUT2D eigenvalue weighted by Crippen LogP contribution is -2.32. The number of halogens is 1. The SMILES string of the molecule is CN(C)C(=O)N(Cl)c1ccc(-n2nc(C(C)(C)C)oc2=O)cc1. The van der Waals surface area contributed by atoms with E-state index in [9.17, 15) is 9.59 Å². The molecule has 8 heteroatoms. The minimum Gasteiger partial charge on any atom is -0.391 e. The number of aromatic nitrogens is 2. The van der Waals surface area contributed by atoms with Crippen LogP contribution in [0.3, 0.4) is 0 Å². The van der Waals surface area contributed by atoms with Crippen molar-refractivity contribution in [3.05, 3.63) is 40.7 Å². The van der Waals surface area contributed by atoms with E-state index in [0.29, 0.717) is 17.3 Å². The van der Waals surface area contributed by atoms with Crippen LogP contribution in [0.15, 0.2) is 33.5 Å². The van der Waals surface area contributed by atoms with Crippen LogP contribution < -0.4 is 10.2 Å². The van der Waals surface area contributed by atoms with Crippen molar-refractivity contribution < 1.29 is 9.21 Å². The van der Waals surface area contributed by atoms with Gasteiger partial charge in [-0.3, -0.25) is 0 Å². The zero-order valence-corrected chi connectivity index (χ0v) is 14.5. The highest BCUT2D eigenvalue weighted by molar-refractivity contribution is 6.36. The summed E-state index contributed by atoms with van der Waals surface area (Å²) < 4.78 is 7.35. The Morgan fingerprint density at radius 2 is 1.78 bits per heavy atom. The minimum atomic E-state index is -0.560. The smallest absolute Gasteiger partial charge is 0.391 e. The third kappa shape index (κ3) is 3.56. The van der Waals surface area contributed by atoms with Crippen LogP contribution in [0.4, 0.5) is 10.5 Å². The van der Waals surface area contributed by atoms with Crippen molar-refractivity contribution in [2.45, 2.75) is 26.2 Å². The molecule has 1 aromatic carbocycles. The summed E-state index contributed by atoms with van der Waals surface area (Å²) in [7, 11) is 3.21. The minimum absolute atomic E-state index is 0.355. The Balaban J connectivity index is 2.32. The maximum atomic E-state index is 11.9. The van der Waals surface area contributed by atoms with E-state index in [2.05, 4.69) is 5.10 Å². The summed E-state index contributed by atoms with van der Waals surface area (Å²) in [6.07, 6.45) is 0. The molecule has 0 N–H and O–H groups in total. The van der Waals surface area contributed by atoms with Crippen LogP contribution in [0.25, 0.3) is 5.69 Å². The molecule has 2 aromatic rings. The van der Waals surface area contributed by atoms with E-state index in [1.165, 1.54) is 9.58 Å². The van der Waals surface area contributed by atoms with E-state index < -0.39 is 5.76 Å². The first-order valence-electron chi connectivity index (χ1n) is 6.99. The molecule has 1 heterocycles. The number of benzene rings is 1. The van der Waals surface area contributed by atoms with E-state index in [0.717, 1.165) is 4.42 Å². The lowest BCUT2D eigenvalue weighted by atomic mass is 9.97. The number of anilines is 1. The van der Waals surface area contributed by atoms with Gasteiger partial charge in [0.1, 0.15) is 0 Å². The Bertz CT molecular complexity index is 756. The molecule has 0 radical (unpaired) electrons. The van der Waals surface area contributed by atoms with Crippen molar-refractivity contribution in [3.63, 3.8) is 0 Å². The van der Waals surface area contributed by atoms with Crippen LogP contribution in [0.5, 0.6) is 0 Å². The van der Waals surface area contributed by atoms with Crippen LogP contribution >= 0.6 is 11.8 Å². The third-order valence-corrected chi connectivity index (χ3v) is 3.40. The Kier molecular flexibility index (Phi) is 4.51. The largest absolute Gasteiger partial charge is 0.441 e. The maximum Gasteiger partial charge on any atom is 0.441 e. The van der Waals surface area contributed by atoms with Crippen LogP contribution in [-0.4, -0.2) is 34.8 Å². The lowest BCUT2D eigenvalue weighted by molar-refractivity contribution is 0.227. The fraction of sp³-hybridized carbons (Fsp3) is 0.400. The van der Waals surface area contributed by atoms with Crippen LogP contribution in [0, 0.1) is 0 Å². The molecule has 7 nitrogen and oxygen atoms in total. The highest BCUT2D eigenvalue weighted by Gasteiger charge is 2.23. The zero-order chi connectivity index (χ0) is 17.4. The first kappa shape index (κ1) is 17.1. The van der Waals surface area contributed by atoms with E-state index in [1.807, 2.05) is 20.8 Å². The van der Waals surface area contributed by atoms with Crippen LogP contribution in [0.2, 0.25) is 0 Å². The molecule has 2 rings (SSSR count). The molecule has 0 atom stereocenters. The Morgan fingerprint density at radius 3 is 2.22 bits per heavy atom. The van der Waals surface area contributed by atoms with Crippen LogP contribution in [-0.2, 0) is 5.41 Å².